The fourth-order valence-electron chi connectivity index (χ4n) is 1.57. The van der Waals surface area contributed by atoms with Crippen LogP contribution in [0.4, 0.5) is 5.69 Å². The van der Waals surface area contributed by atoms with E-state index in [0.717, 1.165) is 22.3 Å². The van der Waals surface area contributed by atoms with Gasteiger partial charge in [-0.2, -0.15) is 0 Å². The average molecular weight is 315 g/mol. The van der Waals surface area contributed by atoms with Crippen LogP contribution < -0.4 is 4.90 Å². The van der Waals surface area contributed by atoms with Crippen LogP contribution in [0, 0.1) is 3.57 Å². The van der Waals surface area contributed by atoms with Crippen LogP contribution in [0.25, 0.3) is 0 Å². The molecular weight excluding hydrogens is 305 g/mol. The minimum Gasteiger partial charge on any atom is -0.478 e. The van der Waals surface area contributed by atoms with Crippen molar-refractivity contribution in [1.29, 1.82) is 0 Å². The summed E-state index contributed by atoms with van der Waals surface area (Å²) in [5.74, 6) is -0.873. The van der Waals surface area contributed by atoms with Crippen molar-refractivity contribution in [1.82, 2.24) is 0 Å². The highest BCUT2D eigenvalue weighted by atomic mass is 127. The van der Waals surface area contributed by atoms with E-state index in [4.69, 9.17) is 5.11 Å². The molecule has 0 bridgehead atoms. The van der Waals surface area contributed by atoms with Crippen LogP contribution in [0.1, 0.15) is 10.4 Å². The van der Waals surface area contributed by atoms with Gasteiger partial charge in [-0.25, -0.2) is 4.79 Å². The molecule has 0 radical (unpaired) electrons. The molecule has 0 unspecified atom stereocenters. The largest absolute Gasteiger partial charge is 0.478 e. The number of rotatable bonds is 2. The second kappa shape index (κ2) is 4.22. The summed E-state index contributed by atoms with van der Waals surface area (Å²) in [5, 5.41) is 8.94. The molecule has 1 aromatic rings. The fraction of sp³-hybridized carbons (Fsp3) is 0.182. The van der Waals surface area contributed by atoms with Gasteiger partial charge in [-0.1, -0.05) is 12.2 Å². The topological polar surface area (TPSA) is 40.5 Å². The first kappa shape index (κ1) is 10.5. The third-order valence-electron chi connectivity index (χ3n) is 2.31. The monoisotopic (exact) mass is 315 g/mol. The second-order valence-electron chi connectivity index (χ2n) is 3.38. The number of halogens is 1. The third kappa shape index (κ3) is 2.31. The second-order valence-corrected chi connectivity index (χ2v) is 4.63. The molecule has 0 spiro atoms. The number of benzene rings is 1. The zero-order valence-electron chi connectivity index (χ0n) is 7.98. The van der Waals surface area contributed by atoms with Gasteiger partial charge >= 0.3 is 5.97 Å². The van der Waals surface area contributed by atoms with Crippen LogP contribution in [-0.2, 0) is 0 Å². The molecular formula is C11H10INO2. The molecule has 1 aliphatic heterocycles. The average Bonchev–Trinajstić information content (AvgIpc) is 2.69. The highest BCUT2D eigenvalue weighted by molar-refractivity contribution is 14.1. The van der Waals surface area contributed by atoms with Crippen molar-refractivity contribution in [2.24, 2.45) is 0 Å². The summed E-state index contributed by atoms with van der Waals surface area (Å²) in [6.07, 6.45) is 4.17. The molecule has 15 heavy (non-hydrogen) atoms. The number of carbonyl (C=O) groups is 1. The Labute approximate surface area is 102 Å². The molecule has 0 amide bonds. The lowest BCUT2D eigenvalue weighted by Gasteiger charge is -2.18. The summed E-state index contributed by atoms with van der Waals surface area (Å²) >= 11 is 2.14. The van der Waals surface area contributed by atoms with Crippen molar-refractivity contribution < 1.29 is 9.90 Å². The maximum absolute atomic E-state index is 10.9. The lowest BCUT2D eigenvalue weighted by Crippen LogP contribution is -2.19. The normalized spacial score (nSPS) is 14.6. The quantitative estimate of drug-likeness (QED) is 0.673. The lowest BCUT2D eigenvalue weighted by atomic mass is 10.2. The van der Waals surface area contributed by atoms with E-state index in [1.165, 1.54) is 0 Å². The van der Waals surface area contributed by atoms with Gasteiger partial charge in [0.1, 0.15) is 0 Å². The van der Waals surface area contributed by atoms with Crippen LogP contribution in [0.2, 0.25) is 0 Å². The van der Waals surface area contributed by atoms with Crippen molar-refractivity contribution >= 4 is 34.2 Å². The predicted octanol–water partition coefficient (Wildman–Crippen LogP) is 2.37. The number of carboxylic acid groups (broad SMARTS) is 1. The van der Waals surface area contributed by atoms with Gasteiger partial charge in [-0.05, 0) is 40.8 Å². The number of nitrogens with zero attached hydrogens (tertiary/aromatic N) is 1. The van der Waals surface area contributed by atoms with Crippen molar-refractivity contribution in [3.63, 3.8) is 0 Å². The molecule has 0 atom stereocenters. The zero-order valence-corrected chi connectivity index (χ0v) is 10.1. The standard InChI is InChI=1S/C11H10INO2/c12-9-5-8(11(14)15)6-10(7-9)13-3-1-2-4-13/h1-2,5-7H,3-4H2,(H,14,15). The van der Waals surface area contributed by atoms with Gasteiger partial charge in [0.15, 0.2) is 0 Å². The minimum absolute atomic E-state index is 0.351. The number of anilines is 1. The molecule has 3 nitrogen and oxygen atoms in total. The molecule has 1 heterocycles. The summed E-state index contributed by atoms with van der Waals surface area (Å²) in [4.78, 5) is 13.0. The van der Waals surface area contributed by atoms with Crippen LogP contribution in [0.3, 0.4) is 0 Å². The zero-order chi connectivity index (χ0) is 10.8. The van der Waals surface area contributed by atoms with Crippen LogP contribution >= 0.6 is 22.6 Å². The maximum Gasteiger partial charge on any atom is 0.335 e. The molecule has 78 valence electrons. The van der Waals surface area contributed by atoms with Gasteiger partial charge in [0, 0.05) is 22.3 Å². The minimum atomic E-state index is -0.873. The van der Waals surface area contributed by atoms with E-state index in [-0.39, 0.29) is 0 Å². The Balaban J connectivity index is 2.35. The fourth-order valence-corrected chi connectivity index (χ4v) is 2.22. The Hall–Kier alpha value is -1.04. The highest BCUT2D eigenvalue weighted by Crippen LogP contribution is 2.22. The van der Waals surface area contributed by atoms with E-state index < -0.39 is 5.97 Å². The van der Waals surface area contributed by atoms with Crippen molar-refractivity contribution in [3.8, 4) is 0 Å². The Morgan fingerprint density at radius 2 is 1.93 bits per heavy atom. The number of aromatic carboxylic acids is 1. The van der Waals surface area contributed by atoms with Gasteiger partial charge in [0.05, 0.1) is 5.56 Å². The van der Waals surface area contributed by atoms with E-state index in [2.05, 4.69) is 39.6 Å². The van der Waals surface area contributed by atoms with Crippen molar-refractivity contribution in [2.75, 3.05) is 18.0 Å². The first-order valence-corrected chi connectivity index (χ1v) is 5.68. The molecule has 1 aliphatic rings. The van der Waals surface area contributed by atoms with Crippen LogP contribution in [-0.4, -0.2) is 24.2 Å². The van der Waals surface area contributed by atoms with Gasteiger partial charge in [-0.15, -0.1) is 0 Å². The van der Waals surface area contributed by atoms with E-state index in [9.17, 15) is 4.79 Å². The van der Waals surface area contributed by atoms with Crippen LogP contribution in [0.5, 0.6) is 0 Å². The third-order valence-corrected chi connectivity index (χ3v) is 2.94. The molecule has 0 aliphatic carbocycles. The molecule has 0 fully saturated rings. The van der Waals surface area contributed by atoms with Gasteiger partial charge in [0.25, 0.3) is 0 Å². The summed E-state index contributed by atoms with van der Waals surface area (Å²) in [6, 6.07) is 5.40. The Bertz CT molecular complexity index is 421. The lowest BCUT2D eigenvalue weighted by molar-refractivity contribution is 0.0697. The van der Waals surface area contributed by atoms with Gasteiger partial charge in [-0.3, -0.25) is 0 Å². The smallest absolute Gasteiger partial charge is 0.335 e. The molecule has 1 N–H and O–H groups in total. The summed E-state index contributed by atoms with van der Waals surface area (Å²) < 4.78 is 0.953. The van der Waals surface area contributed by atoms with E-state index in [0.29, 0.717) is 5.56 Å². The Morgan fingerprint density at radius 3 is 2.53 bits per heavy atom. The van der Waals surface area contributed by atoms with Crippen molar-refractivity contribution in [3.05, 3.63) is 39.5 Å². The number of carboxylic acids is 1. The number of hydrogen-bond donors (Lipinski definition) is 1. The molecule has 0 aromatic heterocycles. The predicted molar refractivity (Wildman–Crippen MR) is 67.5 cm³/mol. The Kier molecular flexibility index (Phi) is 2.95. The Morgan fingerprint density at radius 1 is 1.27 bits per heavy atom. The molecule has 0 saturated heterocycles. The van der Waals surface area contributed by atoms with Crippen LogP contribution in [0.15, 0.2) is 30.4 Å². The highest BCUT2D eigenvalue weighted by Gasteiger charge is 2.11. The maximum atomic E-state index is 10.9. The molecule has 1 aromatic carbocycles. The molecule has 4 heteroatoms. The molecule has 2 rings (SSSR count). The van der Waals surface area contributed by atoms with E-state index in [1.807, 2.05) is 6.07 Å². The van der Waals surface area contributed by atoms with E-state index in [1.54, 1.807) is 12.1 Å². The van der Waals surface area contributed by atoms with Gasteiger partial charge < -0.3 is 10.0 Å². The SMILES string of the molecule is O=C(O)c1cc(I)cc(N2CC=CC2)c1. The first-order valence-electron chi connectivity index (χ1n) is 4.60. The van der Waals surface area contributed by atoms with E-state index >= 15 is 0 Å². The number of hydrogen-bond acceptors (Lipinski definition) is 2. The van der Waals surface area contributed by atoms with Gasteiger partial charge in [0.2, 0.25) is 0 Å². The first-order chi connectivity index (χ1) is 7.16. The summed E-state index contributed by atoms with van der Waals surface area (Å²) in [6.45, 7) is 1.72. The molecule has 0 saturated carbocycles. The van der Waals surface area contributed by atoms with Crippen molar-refractivity contribution in [2.45, 2.75) is 0 Å². The summed E-state index contributed by atoms with van der Waals surface area (Å²) in [7, 11) is 0. The summed E-state index contributed by atoms with van der Waals surface area (Å²) in [5.41, 5.74) is 1.33.